The predicted octanol–water partition coefficient (Wildman–Crippen LogP) is -1.05. The number of rotatable bonds is 4. The molecule has 0 spiro atoms. The Hall–Kier alpha value is -1.80. The molecule has 0 saturated heterocycles. The molecule has 86 valence electrons. The van der Waals surface area contributed by atoms with Crippen molar-refractivity contribution in [1.29, 1.82) is 0 Å². The molecule has 0 fully saturated rings. The van der Waals surface area contributed by atoms with Gasteiger partial charge in [-0.25, -0.2) is 0 Å². The zero-order valence-electron chi connectivity index (χ0n) is 7.24. The standard InChI is InChI=1S/C6H7F3N2O4/c7-6(8,9)5(15)11(1-3(10)12)2-4(13)14/h1-2H2,(H2,10,12)(H,13,14). The number of primary amides is 1. The van der Waals surface area contributed by atoms with Crippen LogP contribution in [-0.2, 0) is 14.4 Å². The Balaban J connectivity index is 4.70. The molecule has 0 aromatic carbocycles. The third-order valence-electron chi connectivity index (χ3n) is 1.20. The molecule has 0 aromatic rings. The lowest BCUT2D eigenvalue weighted by molar-refractivity contribution is -0.186. The van der Waals surface area contributed by atoms with E-state index < -0.39 is 37.0 Å². The van der Waals surface area contributed by atoms with E-state index in [9.17, 15) is 27.6 Å². The van der Waals surface area contributed by atoms with Crippen LogP contribution in [-0.4, -0.2) is 47.1 Å². The van der Waals surface area contributed by atoms with E-state index in [-0.39, 0.29) is 4.90 Å². The second kappa shape index (κ2) is 4.62. The Morgan fingerprint density at radius 3 is 1.93 bits per heavy atom. The summed E-state index contributed by atoms with van der Waals surface area (Å²) >= 11 is 0. The average molecular weight is 228 g/mol. The zero-order valence-corrected chi connectivity index (χ0v) is 7.24. The van der Waals surface area contributed by atoms with Crippen LogP contribution in [0.3, 0.4) is 0 Å². The van der Waals surface area contributed by atoms with Crippen LogP contribution in [0.4, 0.5) is 13.2 Å². The maximum atomic E-state index is 11.9. The van der Waals surface area contributed by atoms with Crippen LogP contribution >= 0.6 is 0 Å². The number of amides is 2. The van der Waals surface area contributed by atoms with Crippen molar-refractivity contribution in [2.45, 2.75) is 6.18 Å². The van der Waals surface area contributed by atoms with E-state index in [0.29, 0.717) is 0 Å². The van der Waals surface area contributed by atoms with E-state index in [1.165, 1.54) is 0 Å². The number of carboxylic acid groups (broad SMARTS) is 1. The first kappa shape index (κ1) is 13.2. The minimum Gasteiger partial charge on any atom is -0.480 e. The van der Waals surface area contributed by atoms with Gasteiger partial charge in [0.05, 0.1) is 0 Å². The van der Waals surface area contributed by atoms with E-state index in [4.69, 9.17) is 5.11 Å². The lowest BCUT2D eigenvalue weighted by Crippen LogP contribution is -2.47. The summed E-state index contributed by atoms with van der Waals surface area (Å²) in [4.78, 5) is 30.8. The second-order valence-electron chi connectivity index (χ2n) is 2.52. The Morgan fingerprint density at radius 2 is 1.67 bits per heavy atom. The molecule has 0 unspecified atom stereocenters. The second-order valence-corrected chi connectivity index (χ2v) is 2.52. The van der Waals surface area contributed by atoms with Gasteiger partial charge in [-0.2, -0.15) is 13.2 Å². The molecular formula is C6H7F3N2O4. The van der Waals surface area contributed by atoms with E-state index in [0.717, 1.165) is 0 Å². The van der Waals surface area contributed by atoms with Crippen LogP contribution < -0.4 is 5.73 Å². The maximum Gasteiger partial charge on any atom is 0.471 e. The van der Waals surface area contributed by atoms with Crippen molar-refractivity contribution in [1.82, 2.24) is 4.90 Å². The fraction of sp³-hybridized carbons (Fsp3) is 0.500. The molecule has 3 N–H and O–H groups in total. The van der Waals surface area contributed by atoms with Gasteiger partial charge in [0.15, 0.2) is 0 Å². The van der Waals surface area contributed by atoms with Crippen LogP contribution in [0.1, 0.15) is 0 Å². The van der Waals surface area contributed by atoms with Crippen molar-refractivity contribution >= 4 is 17.8 Å². The first-order chi connectivity index (χ1) is 6.64. The molecule has 0 aliphatic heterocycles. The zero-order chi connectivity index (χ0) is 12.2. The van der Waals surface area contributed by atoms with Crippen molar-refractivity contribution < 1.29 is 32.7 Å². The lowest BCUT2D eigenvalue weighted by Gasteiger charge is -2.19. The fourth-order valence-corrected chi connectivity index (χ4v) is 0.730. The lowest BCUT2D eigenvalue weighted by atomic mass is 10.4. The maximum absolute atomic E-state index is 11.9. The number of aliphatic carboxylic acids is 1. The van der Waals surface area contributed by atoms with E-state index in [2.05, 4.69) is 5.73 Å². The predicted molar refractivity (Wildman–Crippen MR) is 39.5 cm³/mol. The van der Waals surface area contributed by atoms with Crippen LogP contribution in [0.25, 0.3) is 0 Å². The van der Waals surface area contributed by atoms with Crippen LogP contribution in [0.15, 0.2) is 0 Å². The third-order valence-corrected chi connectivity index (χ3v) is 1.20. The summed E-state index contributed by atoms with van der Waals surface area (Å²) in [5, 5.41) is 8.20. The van der Waals surface area contributed by atoms with Gasteiger partial charge in [-0.05, 0) is 0 Å². The number of carbonyl (C=O) groups excluding carboxylic acids is 2. The van der Waals surface area contributed by atoms with Gasteiger partial charge in [-0.3, -0.25) is 14.4 Å². The summed E-state index contributed by atoms with van der Waals surface area (Å²) < 4.78 is 35.6. The fourth-order valence-electron chi connectivity index (χ4n) is 0.730. The van der Waals surface area contributed by atoms with Crippen molar-refractivity contribution in [2.24, 2.45) is 5.73 Å². The van der Waals surface area contributed by atoms with Gasteiger partial charge >= 0.3 is 18.1 Å². The molecule has 0 aliphatic carbocycles. The molecule has 2 amide bonds. The molecule has 9 heteroatoms. The number of hydrogen-bond acceptors (Lipinski definition) is 3. The van der Waals surface area contributed by atoms with Crippen LogP contribution in [0.2, 0.25) is 0 Å². The SMILES string of the molecule is NC(=O)CN(CC(=O)O)C(=O)C(F)(F)F. The smallest absolute Gasteiger partial charge is 0.471 e. The number of nitrogens with zero attached hydrogens (tertiary/aromatic N) is 1. The molecule has 0 heterocycles. The largest absolute Gasteiger partial charge is 0.480 e. The van der Waals surface area contributed by atoms with Gasteiger partial charge in [0, 0.05) is 0 Å². The first-order valence-corrected chi connectivity index (χ1v) is 3.50. The summed E-state index contributed by atoms with van der Waals surface area (Å²) in [6.07, 6.45) is -5.23. The Bertz CT molecular complexity index is 273. The molecule has 0 saturated carbocycles. The summed E-state index contributed by atoms with van der Waals surface area (Å²) in [6.45, 7) is -2.33. The summed E-state index contributed by atoms with van der Waals surface area (Å²) in [5.74, 6) is -5.31. The Morgan fingerprint density at radius 1 is 1.20 bits per heavy atom. The van der Waals surface area contributed by atoms with Crippen molar-refractivity contribution in [3.8, 4) is 0 Å². The minimum atomic E-state index is -5.23. The highest BCUT2D eigenvalue weighted by atomic mass is 19.4. The Labute approximate surface area is 81.4 Å². The normalized spacial score (nSPS) is 10.9. The van der Waals surface area contributed by atoms with Crippen molar-refractivity contribution in [2.75, 3.05) is 13.1 Å². The van der Waals surface area contributed by atoms with Gasteiger partial charge < -0.3 is 15.7 Å². The van der Waals surface area contributed by atoms with Gasteiger partial charge in [0.25, 0.3) is 0 Å². The Kier molecular flexibility index (Phi) is 4.07. The molecule has 0 aromatic heterocycles. The number of carboxylic acids is 1. The molecular weight excluding hydrogens is 221 g/mol. The van der Waals surface area contributed by atoms with Gasteiger partial charge in [0.2, 0.25) is 5.91 Å². The molecule has 15 heavy (non-hydrogen) atoms. The van der Waals surface area contributed by atoms with Crippen molar-refractivity contribution in [3.05, 3.63) is 0 Å². The molecule has 0 bridgehead atoms. The monoisotopic (exact) mass is 228 g/mol. The van der Waals surface area contributed by atoms with Gasteiger partial charge in [-0.1, -0.05) is 0 Å². The van der Waals surface area contributed by atoms with Crippen LogP contribution in [0, 0.1) is 0 Å². The van der Waals surface area contributed by atoms with Crippen LogP contribution in [0.5, 0.6) is 0 Å². The third kappa shape index (κ3) is 4.84. The molecule has 0 atom stereocenters. The highest BCUT2D eigenvalue weighted by molar-refractivity contribution is 5.89. The number of halogens is 3. The summed E-state index contributed by atoms with van der Waals surface area (Å²) in [7, 11) is 0. The summed E-state index contributed by atoms with van der Waals surface area (Å²) in [5.41, 5.74) is 4.56. The topological polar surface area (TPSA) is 101 Å². The highest BCUT2D eigenvalue weighted by Crippen LogP contribution is 2.17. The number of alkyl halides is 3. The number of hydrogen-bond donors (Lipinski definition) is 2. The number of carbonyl (C=O) groups is 3. The first-order valence-electron chi connectivity index (χ1n) is 3.50. The van der Waals surface area contributed by atoms with E-state index >= 15 is 0 Å². The van der Waals surface area contributed by atoms with Crippen molar-refractivity contribution in [3.63, 3.8) is 0 Å². The van der Waals surface area contributed by atoms with Gasteiger partial charge in [-0.15, -0.1) is 0 Å². The molecule has 0 aliphatic rings. The van der Waals surface area contributed by atoms with E-state index in [1.807, 2.05) is 0 Å². The number of nitrogens with two attached hydrogens (primary N) is 1. The molecule has 0 radical (unpaired) electrons. The minimum absolute atomic E-state index is 0.190. The molecule has 0 rings (SSSR count). The van der Waals surface area contributed by atoms with Gasteiger partial charge in [0.1, 0.15) is 13.1 Å². The summed E-state index contributed by atoms with van der Waals surface area (Å²) in [6, 6.07) is 0. The van der Waals surface area contributed by atoms with E-state index in [1.54, 1.807) is 0 Å². The quantitative estimate of drug-likeness (QED) is 0.640. The average Bonchev–Trinajstić information content (AvgIpc) is 1.98. The molecule has 6 nitrogen and oxygen atoms in total. The highest BCUT2D eigenvalue weighted by Gasteiger charge is 2.43.